The summed E-state index contributed by atoms with van der Waals surface area (Å²) >= 11 is 0. The molecule has 0 fully saturated rings. The van der Waals surface area contributed by atoms with Crippen molar-refractivity contribution in [3.63, 3.8) is 0 Å². The Kier molecular flexibility index (Phi) is 4.42. The SMILES string of the molecule is Cc1cccc(-c2noc(CNC(=O)c3cc(C)ccc3C)n2)c1. The first-order valence-corrected chi connectivity index (χ1v) is 7.78. The van der Waals surface area contributed by atoms with E-state index in [2.05, 4.69) is 15.5 Å². The van der Waals surface area contributed by atoms with Gasteiger partial charge in [-0.15, -0.1) is 0 Å². The topological polar surface area (TPSA) is 68.0 Å². The second-order valence-corrected chi connectivity index (χ2v) is 5.88. The number of benzene rings is 2. The van der Waals surface area contributed by atoms with Gasteiger partial charge in [-0.3, -0.25) is 4.79 Å². The lowest BCUT2D eigenvalue weighted by Crippen LogP contribution is -2.23. The van der Waals surface area contributed by atoms with E-state index in [-0.39, 0.29) is 12.5 Å². The largest absolute Gasteiger partial charge is 0.343 e. The van der Waals surface area contributed by atoms with Gasteiger partial charge in [0.15, 0.2) is 0 Å². The molecule has 24 heavy (non-hydrogen) atoms. The van der Waals surface area contributed by atoms with Crippen LogP contribution in [-0.4, -0.2) is 16.0 Å². The number of nitrogens with one attached hydrogen (secondary N) is 1. The first kappa shape index (κ1) is 15.9. The van der Waals surface area contributed by atoms with Gasteiger partial charge in [0.05, 0.1) is 6.54 Å². The predicted molar refractivity (Wildman–Crippen MR) is 91.6 cm³/mol. The molecule has 5 nitrogen and oxygen atoms in total. The van der Waals surface area contributed by atoms with E-state index in [1.807, 2.05) is 63.2 Å². The van der Waals surface area contributed by atoms with E-state index < -0.39 is 0 Å². The van der Waals surface area contributed by atoms with E-state index in [1.165, 1.54) is 0 Å². The van der Waals surface area contributed by atoms with Gasteiger partial charge in [-0.2, -0.15) is 4.98 Å². The Hall–Kier alpha value is -2.95. The third-order valence-corrected chi connectivity index (χ3v) is 3.78. The van der Waals surface area contributed by atoms with Crippen molar-refractivity contribution in [3.8, 4) is 11.4 Å². The van der Waals surface area contributed by atoms with Crippen LogP contribution in [0.25, 0.3) is 11.4 Å². The molecule has 5 heteroatoms. The number of nitrogens with zero attached hydrogens (tertiary/aromatic N) is 2. The zero-order valence-corrected chi connectivity index (χ0v) is 14.0. The van der Waals surface area contributed by atoms with Crippen LogP contribution >= 0.6 is 0 Å². The minimum absolute atomic E-state index is 0.147. The number of aryl methyl sites for hydroxylation is 3. The molecule has 3 aromatic rings. The van der Waals surface area contributed by atoms with Crippen molar-refractivity contribution in [2.75, 3.05) is 0 Å². The van der Waals surface area contributed by atoms with Gasteiger partial charge in [0, 0.05) is 11.1 Å². The van der Waals surface area contributed by atoms with Crippen molar-refractivity contribution in [2.45, 2.75) is 27.3 Å². The molecule has 0 aliphatic carbocycles. The quantitative estimate of drug-likeness (QED) is 0.797. The first-order valence-electron chi connectivity index (χ1n) is 7.78. The first-order chi connectivity index (χ1) is 11.5. The van der Waals surface area contributed by atoms with Gasteiger partial charge in [-0.05, 0) is 38.5 Å². The fourth-order valence-corrected chi connectivity index (χ4v) is 2.46. The van der Waals surface area contributed by atoms with Crippen molar-refractivity contribution in [2.24, 2.45) is 0 Å². The zero-order chi connectivity index (χ0) is 17.1. The maximum atomic E-state index is 12.3. The smallest absolute Gasteiger partial charge is 0.251 e. The van der Waals surface area contributed by atoms with E-state index in [1.54, 1.807) is 0 Å². The molecular weight excluding hydrogens is 302 g/mol. The molecule has 0 unspecified atom stereocenters. The Morgan fingerprint density at radius 2 is 1.88 bits per heavy atom. The molecule has 3 rings (SSSR count). The van der Waals surface area contributed by atoms with Gasteiger partial charge in [0.25, 0.3) is 5.91 Å². The lowest BCUT2D eigenvalue weighted by molar-refractivity contribution is 0.0945. The van der Waals surface area contributed by atoms with E-state index in [4.69, 9.17) is 4.52 Å². The maximum Gasteiger partial charge on any atom is 0.251 e. The van der Waals surface area contributed by atoms with Gasteiger partial charge < -0.3 is 9.84 Å². The van der Waals surface area contributed by atoms with Crippen molar-refractivity contribution in [1.29, 1.82) is 0 Å². The Bertz CT molecular complexity index is 884. The minimum Gasteiger partial charge on any atom is -0.343 e. The molecule has 1 amide bonds. The van der Waals surface area contributed by atoms with Crippen LogP contribution < -0.4 is 5.32 Å². The lowest BCUT2D eigenvalue weighted by atomic mass is 10.1. The van der Waals surface area contributed by atoms with Gasteiger partial charge in [0.1, 0.15) is 0 Å². The van der Waals surface area contributed by atoms with Crippen LogP contribution in [0, 0.1) is 20.8 Å². The molecular formula is C19H19N3O2. The summed E-state index contributed by atoms with van der Waals surface area (Å²) in [6.45, 7) is 6.08. The van der Waals surface area contributed by atoms with Crippen molar-refractivity contribution >= 4 is 5.91 Å². The van der Waals surface area contributed by atoms with Crippen LogP contribution in [0.5, 0.6) is 0 Å². The second-order valence-electron chi connectivity index (χ2n) is 5.88. The van der Waals surface area contributed by atoms with Crippen molar-refractivity contribution in [3.05, 3.63) is 70.6 Å². The Labute approximate surface area is 140 Å². The minimum atomic E-state index is -0.147. The van der Waals surface area contributed by atoms with E-state index in [9.17, 15) is 4.79 Å². The summed E-state index contributed by atoms with van der Waals surface area (Å²) in [6, 6.07) is 13.7. The Balaban J connectivity index is 1.69. The number of aromatic nitrogens is 2. The third kappa shape index (κ3) is 3.51. The predicted octanol–water partition coefficient (Wildman–Crippen LogP) is 3.59. The summed E-state index contributed by atoms with van der Waals surface area (Å²) < 4.78 is 5.22. The van der Waals surface area contributed by atoms with Crippen LogP contribution in [-0.2, 0) is 6.54 Å². The third-order valence-electron chi connectivity index (χ3n) is 3.78. The van der Waals surface area contributed by atoms with Crippen LogP contribution in [0.4, 0.5) is 0 Å². The average molecular weight is 321 g/mol. The molecule has 0 radical (unpaired) electrons. The number of hydrogen-bond acceptors (Lipinski definition) is 4. The Morgan fingerprint density at radius 1 is 1.08 bits per heavy atom. The second kappa shape index (κ2) is 6.66. The molecule has 1 aromatic heterocycles. The number of carbonyl (C=O) groups is 1. The molecule has 0 aliphatic rings. The molecule has 1 N–H and O–H groups in total. The number of carbonyl (C=O) groups excluding carboxylic acids is 1. The van der Waals surface area contributed by atoms with Crippen molar-refractivity contribution in [1.82, 2.24) is 15.5 Å². The highest BCUT2D eigenvalue weighted by molar-refractivity contribution is 5.95. The molecule has 0 saturated heterocycles. The highest BCUT2D eigenvalue weighted by Gasteiger charge is 2.12. The monoisotopic (exact) mass is 321 g/mol. The van der Waals surface area contributed by atoms with E-state index >= 15 is 0 Å². The molecule has 0 saturated carbocycles. The maximum absolute atomic E-state index is 12.3. The van der Waals surface area contributed by atoms with Gasteiger partial charge in [-0.1, -0.05) is 46.6 Å². The standard InChI is InChI=1S/C19H19N3O2/c1-12-5-4-6-15(9-12)18-21-17(24-22-18)11-20-19(23)16-10-13(2)7-8-14(16)3/h4-10H,11H2,1-3H3,(H,20,23). The summed E-state index contributed by atoms with van der Waals surface area (Å²) in [4.78, 5) is 16.6. The van der Waals surface area contributed by atoms with Gasteiger partial charge in [0.2, 0.25) is 11.7 Å². The normalized spacial score (nSPS) is 10.6. The van der Waals surface area contributed by atoms with Gasteiger partial charge in [-0.25, -0.2) is 0 Å². The van der Waals surface area contributed by atoms with Crippen LogP contribution in [0.1, 0.15) is 32.9 Å². The lowest BCUT2D eigenvalue weighted by Gasteiger charge is -2.06. The fraction of sp³-hybridized carbons (Fsp3) is 0.211. The molecule has 1 heterocycles. The zero-order valence-electron chi connectivity index (χ0n) is 14.0. The summed E-state index contributed by atoms with van der Waals surface area (Å²) in [5.41, 5.74) is 4.66. The van der Waals surface area contributed by atoms with Crippen LogP contribution in [0.15, 0.2) is 47.0 Å². The molecule has 2 aromatic carbocycles. The highest BCUT2D eigenvalue weighted by atomic mass is 16.5. The fourth-order valence-electron chi connectivity index (χ4n) is 2.46. The number of hydrogen-bond donors (Lipinski definition) is 1. The molecule has 0 atom stereocenters. The van der Waals surface area contributed by atoms with Gasteiger partial charge >= 0.3 is 0 Å². The summed E-state index contributed by atoms with van der Waals surface area (Å²) in [5.74, 6) is 0.756. The average Bonchev–Trinajstić information content (AvgIpc) is 3.04. The van der Waals surface area contributed by atoms with Crippen LogP contribution in [0.3, 0.4) is 0 Å². The van der Waals surface area contributed by atoms with E-state index in [0.717, 1.165) is 22.3 Å². The molecule has 122 valence electrons. The van der Waals surface area contributed by atoms with Crippen LogP contribution in [0.2, 0.25) is 0 Å². The molecule has 0 spiro atoms. The summed E-state index contributed by atoms with van der Waals surface area (Å²) in [6.07, 6.45) is 0. The molecule has 0 bridgehead atoms. The Morgan fingerprint density at radius 3 is 2.67 bits per heavy atom. The number of amides is 1. The summed E-state index contributed by atoms with van der Waals surface area (Å²) in [5, 5.41) is 6.80. The van der Waals surface area contributed by atoms with E-state index in [0.29, 0.717) is 17.3 Å². The highest BCUT2D eigenvalue weighted by Crippen LogP contribution is 2.17. The molecule has 0 aliphatic heterocycles. The number of rotatable bonds is 4. The van der Waals surface area contributed by atoms with Crippen molar-refractivity contribution < 1.29 is 9.32 Å². The summed E-state index contributed by atoms with van der Waals surface area (Å²) in [7, 11) is 0.